The molecule has 1 aromatic rings. The summed E-state index contributed by atoms with van der Waals surface area (Å²) in [5.74, 6) is -0.595. The van der Waals surface area contributed by atoms with E-state index in [4.69, 9.17) is 14.6 Å². The Balaban J connectivity index is 3.31. The van der Waals surface area contributed by atoms with Crippen molar-refractivity contribution in [2.75, 3.05) is 20.8 Å². The van der Waals surface area contributed by atoms with Crippen molar-refractivity contribution in [2.24, 2.45) is 5.18 Å². The topological polar surface area (TPSA) is 105 Å². The summed E-state index contributed by atoms with van der Waals surface area (Å²) in [7, 11) is 2.61. The number of carbonyl (C=O) groups is 1. The molecule has 7 heteroatoms. The molecule has 98 valence electrons. The lowest BCUT2D eigenvalue weighted by molar-refractivity contribution is 0.0587. The highest BCUT2D eigenvalue weighted by atomic mass is 16.5. The van der Waals surface area contributed by atoms with Crippen LogP contribution in [-0.4, -0.2) is 42.9 Å². The molecular weight excluding hydrogens is 242 g/mol. The number of Topliss-reactive ketones (excluding diaryl/α,β-unsaturated/α-hetero) is 1. The molecule has 1 aromatic carbocycles. The second-order valence-electron chi connectivity index (χ2n) is 3.38. The molecular formula is C11H13NO6. The molecule has 2 N–H and O–H groups in total. The number of methoxy groups -OCH3 is 2. The normalized spacial score (nSPS) is 11.8. The molecule has 0 fully saturated rings. The van der Waals surface area contributed by atoms with Crippen molar-refractivity contribution in [1.29, 1.82) is 0 Å². The van der Waals surface area contributed by atoms with E-state index in [1.807, 2.05) is 0 Å². The van der Waals surface area contributed by atoms with Crippen LogP contribution in [0, 0.1) is 4.91 Å². The van der Waals surface area contributed by atoms with Crippen molar-refractivity contribution in [3.05, 3.63) is 22.6 Å². The van der Waals surface area contributed by atoms with Crippen LogP contribution >= 0.6 is 0 Å². The summed E-state index contributed by atoms with van der Waals surface area (Å²) >= 11 is 0. The number of nitroso groups, excluding NO2 is 1. The minimum atomic E-state index is -1.53. The molecule has 0 heterocycles. The van der Waals surface area contributed by atoms with Gasteiger partial charge in [-0.3, -0.25) is 4.79 Å². The van der Waals surface area contributed by atoms with Gasteiger partial charge in [-0.15, -0.1) is 4.91 Å². The fraction of sp³-hybridized carbons (Fsp3) is 0.364. The Morgan fingerprint density at radius 3 is 2.17 bits per heavy atom. The lowest BCUT2D eigenvalue weighted by Gasteiger charge is -2.11. The number of aliphatic hydroxyl groups is 2. The molecule has 0 aliphatic carbocycles. The molecule has 0 bridgehead atoms. The highest BCUT2D eigenvalue weighted by Crippen LogP contribution is 2.38. The summed E-state index contributed by atoms with van der Waals surface area (Å²) in [6, 6.07) is 2.50. The van der Waals surface area contributed by atoms with Gasteiger partial charge in [0.25, 0.3) is 0 Å². The van der Waals surface area contributed by atoms with E-state index in [0.29, 0.717) is 0 Å². The number of ketones is 1. The van der Waals surface area contributed by atoms with Crippen LogP contribution in [0.5, 0.6) is 11.5 Å². The van der Waals surface area contributed by atoms with Crippen LogP contribution in [0.2, 0.25) is 0 Å². The molecule has 0 aromatic heterocycles. The minimum absolute atomic E-state index is 0.0534. The highest BCUT2D eigenvalue weighted by Gasteiger charge is 2.21. The minimum Gasteiger partial charge on any atom is -0.494 e. The molecule has 0 radical (unpaired) electrons. The Bertz CT molecular complexity index is 434. The van der Waals surface area contributed by atoms with Crippen LogP contribution in [0.15, 0.2) is 17.3 Å². The van der Waals surface area contributed by atoms with E-state index in [-0.39, 0.29) is 22.7 Å². The summed E-state index contributed by atoms with van der Waals surface area (Å²) in [4.78, 5) is 22.3. The van der Waals surface area contributed by atoms with Gasteiger partial charge in [-0.25, -0.2) is 0 Å². The fourth-order valence-electron chi connectivity index (χ4n) is 1.40. The maximum atomic E-state index is 11.7. The van der Waals surface area contributed by atoms with E-state index in [0.717, 1.165) is 0 Å². The maximum Gasteiger partial charge on any atom is 0.193 e. The number of nitrogens with zero attached hydrogens (tertiary/aromatic N) is 1. The van der Waals surface area contributed by atoms with Crippen LogP contribution < -0.4 is 9.47 Å². The first-order valence-corrected chi connectivity index (χ1v) is 5.01. The zero-order valence-corrected chi connectivity index (χ0v) is 9.91. The smallest absolute Gasteiger partial charge is 0.193 e. The van der Waals surface area contributed by atoms with Crippen LogP contribution in [-0.2, 0) is 0 Å². The van der Waals surface area contributed by atoms with Crippen molar-refractivity contribution in [3.63, 3.8) is 0 Å². The van der Waals surface area contributed by atoms with Gasteiger partial charge in [0.2, 0.25) is 0 Å². The van der Waals surface area contributed by atoms with Gasteiger partial charge in [0.05, 0.1) is 20.8 Å². The van der Waals surface area contributed by atoms with Gasteiger partial charge >= 0.3 is 0 Å². The van der Waals surface area contributed by atoms with Crippen molar-refractivity contribution < 1.29 is 24.5 Å². The van der Waals surface area contributed by atoms with Gasteiger partial charge in [-0.05, 0) is 17.3 Å². The van der Waals surface area contributed by atoms with Crippen LogP contribution in [0.3, 0.4) is 0 Å². The first-order valence-electron chi connectivity index (χ1n) is 5.01. The second kappa shape index (κ2) is 6.08. The summed E-state index contributed by atoms with van der Waals surface area (Å²) in [6.45, 7) is -0.697. The standard InChI is InChI=1S/C11H13NO6/c1-17-8-3-6(11(15)7(14)5-13)4-9(18-2)10(8)12-16/h3-4,7,13-14H,5H2,1-2H3. The van der Waals surface area contributed by atoms with Crippen LogP contribution in [0.25, 0.3) is 0 Å². The molecule has 0 saturated heterocycles. The Kier molecular flexibility index (Phi) is 4.75. The molecule has 18 heavy (non-hydrogen) atoms. The van der Waals surface area contributed by atoms with Crippen molar-refractivity contribution in [3.8, 4) is 11.5 Å². The molecule has 0 aliphatic rings. The maximum absolute atomic E-state index is 11.7. The molecule has 1 unspecified atom stereocenters. The van der Waals surface area contributed by atoms with Gasteiger partial charge in [-0.2, -0.15) is 0 Å². The van der Waals surface area contributed by atoms with Crippen molar-refractivity contribution >= 4 is 11.5 Å². The third-order valence-corrected chi connectivity index (χ3v) is 2.33. The quantitative estimate of drug-likeness (QED) is 0.570. The van der Waals surface area contributed by atoms with Gasteiger partial charge in [-0.1, -0.05) is 0 Å². The Hall–Kier alpha value is -1.99. The molecule has 1 rings (SSSR count). The summed E-state index contributed by atoms with van der Waals surface area (Å²) in [6.07, 6.45) is -1.53. The lowest BCUT2D eigenvalue weighted by Crippen LogP contribution is -2.24. The Morgan fingerprint density at radius 1 is 1.33 bits per heavy atom. The zero-order valence-electron chi connectivity index (χ0n) is 9.91. The summed E-state index contributed by atoms with van der Waals surface area (Å²) < 4.78 is 9.83. The van der Waals surface area contributed by atoms with E-state index in [1.54, 1.807) is 0 Å². The van der Waals surface area contributed by atoms with Crippen molar-refractivity contribution in [1.82, 2.24) is 0 Å². The number of benzene rings is 1. The molecule has 0 saturated carbocycles. The lowest BCUT2D eigenvalue weighted by atomic mass is 10.0. The number of rotatable bonds is 6. The van der Waals surface area contributed by atoms with Crippen LogP contribution in [0.1, 0.15) is 10.4 Å². The fourth-order valence-corrected chi connectivity index (χ4v) is 1.40. The molecule has 7 nitrogen and oxygen atoms in total. The molecule has 0 spiro atoms. The van der Waals surface area contributed by atoms with Gasteiger partial charge < -0.3 is 19.7 Å². The van der Waals surface area contributed by atoms with E-state index >= 15 is 0 Å². The van der Waals surface area contributed by atoms with E-state index in [2.05, 4.69) is 5.18 Å². The number of hydrogen-bond donors (Lipinski definition) is 2. The first-order chi connectivity index (χ1) is 8.58. The Labute approximate surface area is 103 Å². The van der Waals surface area contributed by atoms with Crippen LogP contribution in [0.4, 0.5) is 5.69 Å². The molecule has 1 atom stereocenters. The highest BCUT2D eigenvalue weighted by molar-refractivity contribution is 6.00. The van der Waals surface area contributed by atoms with E-state index in [1.165, 1.54) is 26.4 Å². The molecule has 0 amide bonds. The molecule has 0 aliphatic heterocycles. The predicted octanol–water partition coefficient (Wildman–Crippen LogP) is 0.638. The zero-order chi connectivity index (χ0) is 13.7. The van der Waals surface area contributed by atoms with E-state index < -0.39 is 18.5 Å². The van der Waals surface area contributed by atoms with Gasteiger partial charge in [0, 0.05) is 5.56 Å². The summed E-state index contributed by atoms with van der Waals surface area (Å²) in [5, 5.41) is 20.7. The SMILES string of the molecule is COc1cc(C(=O)C(O)CO)cc(OC)c1N=O. The monoisotopic (exact) mass is 255 g/mol. The number of hydrogen-bond acceptors (Lipinski definition) is 7. The first kappa shape index (κ1) is 14.1. The van der Waals surface area contributed by atoms with Gasteiger partial charge in [0.1, 0.15) is 6.10 Å². The summed E-state index contributed by atoms with van der Waals surface area (Å²) in [5.41, 5.74) is -0.0207. The van der Waals surface area contributed by atoms with Gasteiger partial charge in [0.15, 0.2) is 23.0 Å². The average Bonchev–Trinajstić information content (AvgIpc) is 2.43. The number of carbonyl (C=O) groups excluding carboxylic acids is 1. The predicted molar refractivity (Wildman–Crippen MR) is 62.4 cm³/mol. The second-order valence-corrected chi connectivity index (χ2v) is 3.38. The number of aliphatic hydroxyl groups excluding tert-OH is 2. The Morgan fingerprint density at radius 2 is 1.83 bits per heavy atom. The largest absolute Gasteiger partial charge is 0.494 e. The number of ether oxygens (including phenoxy) is 2. The van der Waals surface area contributed by atoms with Crippen molar-refractivity contribution in [2.45, 2.75) is 6.10 Å². The average molecular weight is 255 g/mol. The third kappa shape index (κ3) is 2.63. The third-order valence-electron chi connectivity index (χ3n) is 2.33. The van der Waals surface area contributed by atoms with E-state index in [9.17, 15) is 14.8 Å².